The van der Waals surface area contributed by atoms with E-state index in [2.05, 4.69) is 0 Å². The van der Waals surface area contributed by atoms with Crippen LogP contribution in [0.5, 0.6) is 0 Å². The summed E-state index contributed by atoms with van der Waals surface area (Å²) in [4.78, 5) is -0.0961. The molecule has 0 aromatic heterocycles. The minimum Gasteiger partial charge on any atom is -0.377 e. The fourth-order valence-corrected chi connectivity index (χ4v) is 4.25. The van der Waals surface area contributed by atoms with Crippen molar-refractivity contribution in [1.29, 1.82) is 0 Å². The van der Waals surface area contributed by atoms with Crippen molar-refractivity contribution in [2.75, 3.05) is 21.3 Å². The van der Waals surface area contributed by atoms with Gasteiger partial charge < -0.3 is 13.3 Å². The molecule has 1 aromatic rings. The van der Waals surface area contributed by atoms with Crippen LogP contribution >= 0.6 is 0 Å². The summed E-state index contributed by atoms with van der Waals surface area (Å²) in [6.45, 7) is 0. The first-order valence-electron chi connectivity index (χ1n) is 5.59. The number of benzene rings is 1. The largest absolute Gasteiger partial charge is 0.500 e. The van der Waals surface area contributed by atoms with E-state index in [1.54, 1.807) is 18.2 Å². The summed E-state index contributed by atoms with van der Waals surface area (Å²) in [5, 5.41) is 0. The van der Waals surface area contributed by atoms with E-state index >= 15 is 0 Å². The van der Waals surface area contributed by atoms with Gasteiger partial charge in [0.25, 0.3) is 10.1 Å². The molecule has 0 fully saturated rings. The summed E-state index contributed by atoms with van der Waals surface area (Å²) in [6, 6.07) is 6.69. The van der Waals surface area contributed by atoms with Crippen LogP contribution in [0.2, 0.25) is 6.04 Å². The highest BCUT2D eigenvalue weighted by molar-refractivity contribution is 7.85. The van der Waals surface area contributed by atoms with Crippen LogP contribution in [0.3, 0.4) is 0 Å². The molecule has 6 nitrogen and oxygen atoms in total. The zero-order chi connectivity index (χ0) is 14.5. The molecule has 108 valence electrons. The van der Waals surface area contributed by atoms with Gasteiger partial charge in [-0.05, 0) is 18.1 Å². The van der Waals surface area contributed by atoms with Crippen molar-refractivity contribution in [3.8, 4) is 0 Å². The molecule has 1 N–H and O–H groups in total. The van der Waals surface area contributed by atoms with E-state index in [1.807, 2.05) is 0 Å². The molecular weight excluding hydrogens is 288 g/mol. The van der Waals surface area contributed by atoms with Crippen LogP contribution in [0, 0.1) is 0 Å². The van der Waals surface area contributed by atoms with Crippen LogP contribution < -0.4 is 0 Å². The van der Waals surface area contributed by atoms with Crippen LogP contribution in [0.1, 0.15) is 5.56 Å². The number of rotatable bonds is 7. The molecule has 0 saturated carbocycles. The third-order valence-electron chi connectivity index (χ3n) is 2.88. The van der Waals surface area contributed by atoms with Gasteiger partial charge in [0, 0.05) is 27.4 Å². The quantitative estimate of drug-likeness (QED) is 0.605. The highest BCUT2D eigenvalue weighted by Gasteiger charge is 2.37. The lowest BCUT2D eigenvalue weighted by Gasteiger charge is -2.24. The molecule has 8 heteroatoms. The number of aryl methyl sites for hydroxylation is 1. The second-order valence-corrected chi connectivity index (χ2v) is 8.36. The second-order valence-electron chi connectivity index (χ2n) is 3.88. The molecule has 0 spiro atoms. The van der Waals surface area contributed by atoms with Crippen molar-refractivity contribution in [3.05, 3.63) is 29.8 Å². The smallest absolute Gasteiger partial charge is 0.377 e. The van der Waals surface area contributed by atoms with Gasteiger partial charge in [-0.2, -0.15) is 8.42 Å². The van der Waals surface area contributed by atoms with Crippen molar-refractivity contribution >= 4 is 18.9 Å². The minimum absolute atomic E-state index is 0.0961. The molecule has 0 bridgehead atoms. The fraction of sp³-hybridized carbons (Fsp3) is 0.455. The molecule has 0 saturated heterocycles. The molecule has 0 radical (unpaired) electrons. The maximum atomic E-state index is 11.3. The van der Waals surface area contributed by atoms with Crippen molar-refractivity contribution in [3.63, 3.8) is 0 Å². The van der Waals surface area contributed by atoms with Crippen LogP contribution in [-0.4, -0.2) is 43.1 Å². The third-order valence-corrected chi connectivity index (χ3v) is 6.57. The molecular formula is C11H18O6SSi. The molecule has 0 amide bonds. The first kappa shape index (κ1) is 16.3. The van der Waals surface area contributed by atoms with Crippen LogP contribution in [-0.2, 0) is 29.8 Å². The summed E-state index contributed by atoms with van der Waals surface area (Å²) in [6.07, 6.45) is 0.373. The predicted octanol–water partition coefficient (Wildman–Crippen LogP) is 1.35. The average Bonchev–Trinajstić information content (AvgIpc) is 2.40. The Bertz CT molecular complexity index is 503. The maximum absolute atomic E-state index is 11.3. The summed E-state index contributed by atoms with van der Waals surface area (Å²) in [5.41, 5.74) is 0.507. The number of hydrogen-bond acceptors (Lipinski definition) is 5. The van der Waals surface area contributed by atoms with Gasteiger partial charge in [0.05, 0.1) is 4.90 Å². The molecule has 19 heavy (non-hydrogen) atoms. The van der Waals surface area contributed by atoms with E-state index in [9.17, 15) is 8.42 Å². The summed E-state index contributed by atoms with van der Waals surface area (Å²) in [5.74, 6) is 0. The van der Waals surface area contributed by atoms with Crippen LogP contribution in [0.15, 0.2) is 29.2 Å². The zero-order valence-corrected chi connectivity index (χ0v) is 12.9. The first-order chi connectivity index (χ1) is 8.88. The van der Waals surface area contributed by atoms with Gasteiger partial charge in [-0.25, -0.2) is 0 Å². The van der Waals surface area contributed by atoms with E-state index in [-0.39, 0.29) is 4.90 Å². The van der Waals surface area contributed by atoms with Crippen molar-refractivity contribution < 1.29 is 26.2 Å². The summed E-state index contributed by atoms with van der Waals surface area (Å²) < 4.78 is 47.5. The highest BCUT2D eigenvalue weighted by Crippen LogP contribution is 2.21. The topological polar surface area (TPSA) is 82.1 Å². The second kappa shape index (κ2) is 6.59. The lowest BCUT2D eigenvalue weighted by Crippen LogP contribution is -2.43. The van der Waals surface area contributed by atoms with Crippen LogP contribution in [0.4, 0.5) is 0 Å². The standard InChI is InChI=1S/C11H18O6SSi/c1-15-19(16-2,17-3)9-8-10-6-4-5-7-11(10)18(12,13)14/h4-7H,8-9H2,1-3H3,(H,12,13,14). The molecule has 1 rings (SSSR count). The molecule has 0 atom stereocenters. The van der Waals surface area contributed by atoms with Gasteiger partial charge in [0.1, 0.15) is 0 Å². The van der Waals surface area contributed by atoms with E-state index in [0.29, 0.717) is 18.0 Å². The molecule has 1 aromatic carbocycles. The van der Waals surface area contributed by atoms with E-state index in [4.69, 9.17) is 17.8 Å². The normalized spacial score (nSPS) is 12.6. The Morgan fingerprint density at radius 3 is 2.11 bits per heavy atom. The Balaban J connectivity index is 2.96. The van der Waals surface area contributed by atoms with Gasteiger partial charge in [-0.1, -0.05) is 18.2 Å². The predicted molar refractivity (Wildman–Crippen MR) is 71.5 cm³/mol. The molecule has 0 aliphatic carbocycles. The Morgan fingerprint density at radius 2 is 1.63 bits per heavy atom. The Labute approximate surface area is 114 Å². The van der Waals surface area contributed by atoms with Crippen molar-refractivity contribution in [2.45, 2.75) is 17.4 Å². The van der Waals surface area contributed by atoms with Gasteiger partial charge >= 0.3 is 8.80 Å². The first-order valence-corrected chi connectivity index (χ1v) is 8.96. The fourth-order valence-electron chi connectivity index (χ4n) is 1.81. The van der Waals surface area contributed by atoms with E-state index < -0.39 is 18.9 Å². The molecule has 0 unspecified atom stereocenters. The lowest BCUT2D eigenvalue weighted by atomic mass is 10.2. The number of hydrogen-bond donors (Lipinski definition) is 1. The molecule has 0 heterocycles. The van der Waals surface area contributed by atoms with Crippen molar-refractivity contribution in [2.24, 2.45) is 0 Å². The van der Waals surface area contributed by atoms with Crippen molar-refractivity contribution in [1.82, 2.24) is 0 Å². The van der Waals surface area contributed by atoms with E-state index in [0.717, 1.165) is 0 Å². The SMILES string of the molecule is CO[Si](CCc1ccccc1S(=O)(=O)O)(OC)OC. The van der Waals surface area contributed by atoms with Gasteiger partial charge in [-0.15, -0.1) is 0 Å². The Morgan fingerprint density at radius 1 is 1.11 bits per heavy atom. The van der Waals surface area contributed by atoms with Gasteiger partial charge in [-0.3, -0.25) is 4.55 Å². The third kappa shape index (κ3) is 4.10. The maximum Gasteiger partial charge on any atom is 0.500 e. The van der Waals surface area contributed by atoms with Gasteiger partial charge in [0.2, 0.25) is 0 Å². The molecule has 0 aliphatic rings. The molecule has 0 aliphatic heterocycles. The van der Waals surface area contributed by atoms with Gasteiger partial charge in [0.15, 0.2) is 0 Å². The minimum atomic E-state index is -4.23. The summed E-state index contributed by atoms with van der Waals surface area (Å²) in [7, 11) is -2.51. The van der Waals surface area contributed by atoms with E-state index in [1.165, 1.54) is 27.4 Å². The average molecular weight is 306 g/mol. The summed E-state index contributed by atoms with van der Waals surface area (Å²) >= 11 is 0. The Kier molecular flexibility index (Phi) is 5.65. The Hall–Kier alpha value is -0.773. The van der Waals surface area contributed by atoms with Crippen LogP contribution in [0.25, 0.3) is 0 Å². The zero-order valence-electron chi connectivity index (χ0n) is 11.1. The monoisotopic (exact) mass is 306 g/mol. The lowest BCUT2D eigenvalue weighted by molar-refractivity contribution is 0.123. The highest BCUT2D eigenvalue weighted by atomic mass is 32.2.